The van der Waals surface area contributed by atoms with Gasteiger partial charge >= 0.3 is 0 Å². The predicted octanol–water partition coefficient (Wildman–Crippen LogP) is 0.840. The zero-order valence-electron chi connectivity index (χ0n) is 9.98. The number of aryl methyl sites for hydroxylation is 1. The molecule has 4 nitrogen and oxygen atoms in total. The third-order valence-electron chi connectivity index (χ3n) is 3.59. The van der Waals surface area contributed by atoms with Crippen LogP contribution >= 0.6 is 0 Å². The molecule has 0 radical (unpaired) electrons. The van der Waals surface area contributed by atoms with Gasteiger partial charge in [-0.3, -0.25) is 0 Å². The number of fused-ring (bicyclic) bond motifs is 1. The first kappa shape index (κ1) is 10.7. The Morgan fingerprint density at radius 3 is 3.00 bits per heavy atom. The van der Waals surface area contributed by atoms with Gasteiger partial charge in [-0.1, -0.05) is 12.1 Å². The highest BCUT2D eigenvalue weighted by atomic mass is 16.3. The molecule has 0 aliphatic carbocycles. The number of imidazole rings is 1. The summed E-state index contributed by atoms with van der Waals surface area (Å²) in [4.78, 5) is 4.60. The van der Waals surface area contributed by atoms with Crippen LogP contribution in [0.4, 0.5) is 0 Å². The molecule has 1 unspecified atom stereocenters. The van der Waals surface area contributed by atoms with Crippen LogP contribution in [0.5, 0.6) is 0 Å². The highest BCUT2D eigenvalue weighted by molar-refractivity contribution is 5.75. The highest BCUT2D eigenvalue weighted by Crippen LogP contribution is 2.22. The van der Waals surface area contributed by atoms with Crippen molar-refractivity contribution >= 4 is 11.0 Å². The van der Waals surface area contributed by atoms with Gasteiger partial charge in [-0.25, -0.2) is 4.98 Å². The van der Waals surface area contributed by atoms with E-state index in [1.54, 1.807) is 0 Å². The van der Waals surface area contributed by atoms with Gasteiger partial charge in [-0.2, -0.15) is 0 Å². The molecule has 1 aliphatic rings. The van der Waals surface area contributed by atoms with Crippen molar-refractivity contribution in [1.82, 2.24) is 14.9 Å². The number of nitrogens with zero attached hydrogens (tertiary/aromatic N) is 2. The topological polar surface area (TPSA) is 50.1 Å². The molecule has 1 aliphatic heterocycles. The molecule has 4 heteroatoms. The maximum atomic E-state index is 10.4. The highest BCUT2D eigenvalue weighted by Gasteiger charge is 2.32. The van der Waals surface area contributed by atoms with E-state index in [2.05, 4.69) is 20.9 Å². The van der Waals surface area contributed by atoms with Crippen LogP contribution in [-0.4, -0.2) is 33.3 Å². The van der Waals surface area contributed by atoms with E-state index in [9.17, 15) is 5.11 Å². The van der Waals surface area contributed by atoms with Crippen molar-refractivity contribution in [2.24, 2.45) is 7.05 Å². The zero-order valence-corrected chi connectivity index (χ0v) is 9.98. The van der Waals surface area contributed by atoms with E-state index >= 15 is 0 Å². The summed E-state index contributed by atoms with van der Waals surface area (Å²) in [6.45, 7) is 1.55. The minimum atomic E-state index is -0.630. The third-order valence-corrected chi connectivity index (χ3v) is 3.59. The molecule has 1 saturated heterocycles. The van der Waals surface area contributed by atoms with Gasteiger partial charge in [0.25, 0.3) is 0 Å². The molecule has 0 amide bonds. The molecule has 90 valence electrons. The monoisotopic (exact) mass is 231 g/mol. The van der Waals surface area contributed by atoms with Crippen molar-refractivity contribution < 1.29 is 5.11 Å². The lowest BCUT2D eigenvalue weighted by atomic mass is 9.99. The first-order valence-electron chi connectivity index (χ1n) is 6.01. The molecule has 0 spiro atoms. The second-order valence-electron chi connectivity index (χ2n) is 4.90. The van der Waals surface area contributed by atoms with Crippen LogP contribution < -0.4 is 5.32 Å². The molecule has 1 fully saturated rings. The van der Waals surface area contributed by atoms with Crippen LogP contribution in [0.3, 0.4) is 0 Å². The Morgan fingerprint density at radius 2 is 2.29 bits per heavy atom. The van der Waals surface area contributed by atoms with E-state index in [-0.39, 0.29) is 0 Å². The van der Waals surface area contributed by atoms with E-state index in [1.807, 2.05) is 25.2 Å². The van der Waals surface area contributed by atoms with Crippen molar-refractivity contribution in [3.05, 3.63) is 30.1 Å². The van der Waals surface area contributed by atoms with Gasteiger partial charge in [0, 0.05) is 20.0 Å². The lowest BCUT2D eigenvalue weighted by molar-refractivity contribution is 0.0592. The molecule has 2 N–H and O–H groups in total. The summed E-state index contributed by atoms with van der Waals surface area (Å²) in [5, 5.41) is 13.6. The lowest BCUT2D eigenvalue weighted by Gasteiger charge is -2.20. The van der Waals surface area contributed by atoms with Crippen LogP contribution in [-0.2, 0) is 13.5 Å². The number of hydrogen-bond acceptors (Lipinski definition) is 3. The van der Waals surface area contributed by atoms with Gasteiger partial charge in [-0.15, -0.1) is 0 Å². The van der Waals surface area contributed by atoms with Gasteiger partial charge < -0.3 is 15.0 Å². The standard InChI is InChI=1S/C13H17N3O/c1-16-11-5-3-2-4-10(11)15-12(16)8-13(17)6-7-14-9-13/h2-5,14,17H,6-9H2,1H3. The van der Waals surface area contributed by atoms with Crippen molar-refractivity contribution in [3.8, 4) is 0 Å². The Labute approximate surface area is 100 Å². The maximum absolute atomic E-state index is 10.4. The fraction of sp³-hybridized carbons (Fsp3) is 0.462. The largest absolute Gasteiger partial charge is 0.388 e. The van der Waals surface area contributed by atoms with Crippen LogP contribution in [0.1, 0.15) is 12.2 Å². The molecule has 1 aromatic heterocycles. The molecule has 2 heterocycles. The van der Waals surface area contributed by atoms with E-state index < -0.39 is 5.60 Å². The summed E-state index contributed by atoms with van der Waals surface area (Å²) in [5.74, 6) is 0.956. The second kappa shape index (κ2) is 3.82. The zero-order chi connectivity index (χ0) is 11.9. The van der Waals surface area contributed by atoms with Crippen molar-refractivity contribution in [2.75, 3.05) is 13.1 Å². The lowest BCUT2D eigenvalue weighted by Crippen LogP contribution is -2.34. The fourth-order valence-electron chi connectivity index (χ4n) is 2.53. The average Bonchev–Trinajstić information content (AvgIpc) is 2.86. The summed E-state index contributed by atoms with van der Waals surface area (Å²) < 4.78 is 2.08. The molecule has 0 saturated carbocycles. The number of aromatic nitrogens is 2. The minimum absolute atomic E-state index is 0.616. The first-order chi connectivity index (χ1) is 8.18. The van der Waals surface area contributed by atoms with E-state index in [0.717, 1.165) is 29.8 Å². The summed E-state index contributed by atoms with van der Waals surface area (Å²) in [5.41, 5.74) is 1.49. The SMILES string of the molecule is Cn1c(CC2(O)CCNC2)nc2ccccc21. The van der Waals surface area contributed by atoms with Gasteiger partial charge in [0.1, 0.15) is 5.82 Å². The Balaban J connectivity index is 1.97. The fourth-order valence-corrected chi connectivity index (χ4v) is 2.53. The number of β-amino-alcohol motifs (C(OH)–C–C–N with tert-alkyl or cyclic N) is 1. The second-order valence-corrected chi connectivity index (χ2v) is 4.90. The first-order valence-corrected chi connectivity index (χ1v) is 6.01. The molecule has 2 aromatic rings. The molecule has 1 aromatic carbocycles. The van der Waals surface area contributed by atoms with Gasteiger partial charge in [0.05, 0.1) is 16.6 Å². The maximum Gasteiger partial charge on any atom is 0.112 e. The smallest absolute Gasteiger partial charge is 0.112 e. The third kappa shape index (κ3) is 1.83. The van der Waals surface area contributed by atoms with Gasteiger partial charge in [0.15, 0.2) is 0 Å². The van der Waals surface area contributed by atoms with Crippen molar-refractivity contribution in [2.45, 2.75) is 18.4 Å². The number of rotatable bonds is 2. The molecule has 3 rings (SSSR count). The Hall–Kier alpha value is -1.39. The Morgan fingerprint density at radius 1 is 1.47 bits per heavy atom. The van der Waals surface area contributed by atoms with E-state index in [4.69, 9.17) is 0 Å². The van der Waals surface area contributed by atoms with Crippen LogP contribution in [0.15, 0.2) is 24.3 Å². The predicted molar refractivity (Wildman–Crippen MR) is 66.9 cm³/mol. The Bertz CT molecular complexity index is 541. The summed E-state index contributed by atoms with van der Waals surface area (Å²) in [6, 6.07) is 8.07. The normalized spacial score (nSPS) is 24.6. The van der Waals surface area contributed by atoms with Crippen LogP contribution in [0.25, 0.3) is 11.0 Å². The summed E-state index contributed by atoms with van der Waals surface area (Å²) in [6.07, 6.45) is 1.42. The van der Waals surface area contributed by atoms with Crippen molar-refractivity contribution in [1.29, 1.82) is 0 Å². The van der Waals surface area contributed by atoms with E-state index in [1.165, 1.54) is 0 Å². The number of hydrogen-bond donors (Lipinski definition) is 2. The summed E-state index contributed by atoms with van der Waals surface area (Å²) >= 11 is 0. The van der Waals surface area contributed by atoms with Crippen molar-refractivity contribution in [3.63, 3.8) is 0 Å². The van der Waals surface area contributed by atoms with E-state index in [0.29, 0.717) is 13.0 Å². The Kier molecular flexibility index (Phi) is 2.42. The molecule has 0 bridgehead atoms. The summed E-state index contributed by atoms with van der Waals surface area (Å²) in [7, 11) is 2.01. The molecular formula is C13H17N3O. The number of benzene rings is 1. The molecule has 17 heavy (non-hydrogen) atoms. The quantitative estimate of drug-likeness (QED) is 0.805. The van der Waals surface area contributed by atoms with Crippen LogP contribution in [0.2, 0.25) is 0 Å². The van der Waals surface area contributed by atoms with Gasteiger partial charge in [-0.05, 0) is 25.1 Å². The minimum Gasteiger partial charge on any atom is -0.388 e. The van der Waals surface area contributed by atoms with Crippen LogP contribution in [0, 0.1) is 0 Å². The number of aliphatic hydroxyl groups is 1. The average molecular weight is 231 g/mol. The number of nitrogens with one attached hydrogen (secondary N) is 1. The number of para-hydroxylation sites is 2. The van der Waals surface area contributed by atoms with Gasteiger partial charge in [0.2, 0.25) is 0 Å². The molecule has 1 atom stereocenters. The molecular weight excluding hydrogens is 214 g/mol.